The molecule has 0 radical (unpaired) electrons. The maximum atomic E-state index is 6.07. The van der Waals surface area contributed by atoms with Crippen LogP contribution in [-0.2, 0) is 0 Å². The minimum absolute atomic E-state index is 0.484. The Labute approximate surface area is 127 Å². The summed E-state index contributed by atoms with van der Waals surface area (Å²) in [5, 5.41) is 3.71. The molecule has 2 aromatic carbocycles. The topological polar surface area (TPSA) is 26.0 Å². The van der Waals surface area contributed by atoms with Crippen molar-refractivity contribution in [2.45, 2.75) is 6.92 Å². The van der Waals surface area contributed by atoms with Crippen molar-refractivity contribution in [2.75, 3.05) is 5.73 Å². The molecule has 0 aliphatic rings. The Morgan fingerprint density at radius 2 is 1.30 bits per heavy atom. The van der Waals surface area contributed by atoms with E-state index >= 15 is 0 Å². The summed E-state index contributed by atoms with van der Waals surface area (Å²) < 4.78 is 1.41. The van der Waals surface area contributed by atoms with Crippen molar-refractivity contribution in [1.29, 1.82) is 0 Å². The van der Waals surface area contributed by atoms with Gasteiger partial charge in [-0.05, 0) is 31.2 Å². The maximum absolute atomic E-state index is 6.07. The molecule has 0 atom stereocenters. The van der Waals surface area contributed by atoms with E-state index in [2.05, 4.69) is 67.6 Å². The van der Waals surface area contributed by atoms with Gasteiger partial charge in [0, 0.05) is 4.88 Å². The number of rotatable bonds is 2. The lowest BCUT2D eigenvalue weighted by molar-refractivity contribution is 1.66. The van der Waals surface area contributed by atoms with Crippen LogP contribution in [0.4, 0.5) is 5.00 Å². The number of benzene rings is 2. The van der Waals surface area contributed by atoms with Gasteiger partial charge in [0.05, 0.1) is 0 Å². The van der Waals surface area contributed by atoms with Gasteiger partial charge in [-0.1, -0.05) is 59.1 Å². The van der Waals surface area contributed by atoms with Gasteiger partial charge in [0.25, 0.3) is 3.57 Å². The molecule has 0 unspecified atom stereocenters. The summed E-state index contributed by atoms with van der Waals surface area (Å²) in [4.78, 5) is 1.23. The summed E-state index contributed by atoms with van der Waals surface area (Å²) in [6.45, 7) is 2.10. The van der Waals surface area contributed by atoms with Crippen LogP contribution in [-0.4, -0.2) is 0 Å². The van der Waals surface area contributed by atoms with E-state index in [0.29, 0.717) is 0 Å². The molecule has 0 amide bonds. The van der Waals surface area contributed by atoms with Crippen LogP contribution in [0.15, 0.2) is 60.7 Å². The van der Waals surface area contributed by atoms with Gasteiger partial charge in [0.1, 0.15) is 5.00 Å². The van der Waals surface area contributed by atoms with Crippen LogP contribution >= 0.6 is 30.2 Å². The molecule has 0 fully saturated rings. The van der Waals surface area contributed by atoms with Gasteiger partial charge in [-0.15, -0.1) is 0 Å². The van der Waals surface area contributed by atoms with Gasteiger partial charge in [0.15, 0.2) is 18.2 Å². The third-order valence-corrected chi connectivity index (χ3v) is 8.66. The van der Waals surface area contributed by atoms with Crippen LogP contribution in [0.5, 0.6) is 0 Å². The van der Waals surface area contributed by atoms with Gasteiger partial charge < -0.3 is 5.73 Å². The smallest absolute Gasteiger partial charge is 0.264 e. The lowest BCUT2D eigenvalue weighted by Gasteiger charge is -1.94. The van der Waals surface area contributed by atoms with Crippen molar-refractivity contribution < 1.29 is 0 Å². The molecule has 1 nitrogen and oxygen atoms in total. The lowest BCUT2D eigenvalue weighted by atomic mass is 10.4. The average molecular weight is 316 g/mol. The standard InChI is InChI=1S/C16H15NPS2/c1-12-15(17)20-16(19-12)18(13-8-4-2-5-9-13)14-10-6-3-7-11-14/h2-11H,17H2,1H3/q+1. The summed E-state index contributed by atoms with van der Waals surface area (Å²) in [5.74, 6) is 0. The third-order valence-electron chi connectivity index (χ3n) is 3.00. The summed E-state index contributed by atoms with van der Waals surface area (Å²) in [7, 11) is -0.484. The fraction of sp³-hybridized carbons (Fsp3) is 0.0625. The molecule has 0 bridgehead atoms. The Morgan fingerprint density at radius 1 is 0.800 bits per heavy atom. The van der Waals surface area contributed by atoms with Crippen LogP contribution < -0.4 is 16.3 Å². The molecule has 1 heterocycles. The van der Waals surface area contributed by atoms with Crippen molar-refractivity contribution in [2.24, 2.45) is 0 Å². The van der Waals surface area contributed by atoms with E-state index in [9.17, 15) is 0 Å². The molecule has 20 heavy (non-hydrogen) atoms. The fourth-order valence-electron chi connectivity index (χ4n) is 1.97. The molecule has 4 heteroatoms. The zero-order valence-corrected chi connectivity index (χ0v) is 13.6. The molecule has 0 aliphatic heterocycles. The first kappa shape index (κ1) is 13.6. The number of aryl methyl sites for hydroxylation is 1. The highest BCUT2D eigenvalue weighted by molar-refractivity contribution is 7.70. The first-order valence-electron chi connectivity index (χ1n) is 6.35. The van der Waals surface area contributed by atoms with E-state index in [1.807, 2.05) is 11.3 Å². The quantitative estimate of drug-likeness (QED) is 0.698. The molecule has 3 rings (SSSR count). The second kappa shape index (κ2) is 5.92. The molecule has 1 aromatic heterocycles. The molecule has 100 valence electrons. The second-order valence-corrected chi connectivity index (χ2v) is 9.69. The van der Waals surface area contributed by atoms with Crippen molar-refractivity contribution in [1.82, 2.24) is 0 Å². The van der Waals surface area contributed by atoms with Crippen LogP contribution in [0.3, 0.4) is 0 Å². The van der Waals surface area contributed by atoms with Gasteiger partial charge in [-0.3, -0.25) is 0 Å². The first-order chi connectivity index (χ1) is 9.75. The van der Waals surface area contributed by atoms with Crippen molar-refractivity contribution >= 4 is 45.8 Å². The van der Waals surface area contributed by atoms with Gasteiger partial charge in [-0.2, -0.15) is 0 Å². The van der Waals surface area contributed by atoms with Crippen molar-refractivity contribution in [3.63, 3.8) is 0 Å². The van der Waals surface area contributed by atoms with Crippen LogP contribution in [0, 0.1) is 10.5 Å². The van der Waals surface area contributed by atoms with Crippen LogP contribution in [0.1, 0.15) is 4.88 Å². The molecule has 0 spiro atoms. The largest absolute Gasteiger partial charge is 0.390 e. The Morgan fingerprint density at radius 3 is 1.70 bits per heavy atom. The SMILES string of the molecule is Cc1sc(=[P+](c2ccccc2)c2ccccc2)sc1N. The van der Waals surface area contributed by atoms with E-state index in [0.717, 1.165) is 5.00 Å². The van der Waals surface area contributed by atoms with E-state index < -0.39 is 7.55 Å². The number of hydrogen-bond acceptors (Lipinski definition) is 3. The molecule has 0 aliphatic carbocycles. The second-order valence-electron chi connectivity index (χ2n) is 4.40. The minimum Gasteiger partial charge on any atom is -0.390 e. The highest BCUT2D eigenvalue weighted by Crippen LogP contribution is 2.36. The van der Waals surface area contributed by atoms with Crippen LogP contribution in [0.25, 0.3) is 0 Å². The number of nitrogen functional groups attached to an aromatic ring is 1. The highest BCUT2D eigenvalue weighted by Gasteiger charge is 2.21. The highest BCUT2D eigenvalue weighted by atomic mass is 32.2. The van der Waals surface area contributed by atoms with Gasteiger partial charge >= 0.3 is 0 Å². The molecule has 2 N–H and O–H groups in total. The Balaban J connectivity index is 2.33. The van der Waals surface area contributed by atoms with E-state index in [-0.39, 0.29) is 0 Å². The van der Waals surface area contributed by atoms with Crippen molar-refractivity contribution in [3.05, 3.63) is 69.1 Å². The predicted molar refractivity (Wildman–Crippen MR) is 93.7 cm³/mol. The third kappa shape index (κ3) is 2.71. The molecule has 0 saturated heterocycles. The summed E-state index contributed by atoms with van der Waals surface area (Å²) in [5.41, 5.74) is 6.07. The normalized spacial score (nSPS) is 10.4. The van der Waals surface area contributed by atoms with E-state index in [1.165, 1.54) is 19.1 Å². The Kier molecular flexibility index (Phi) is 4.02. The minimum atomic E-state index is -0.484. The van der Waals surface area contributed by atoms with Gasteiger partial charge in [0.2, 0.25) is 0 Å². The fourth-order valence-corrected chi connectivity index (χ4v) is 8.09. The number of hydrogen-bond donors (Lipinski definition) is 1. The Hall–Kier alpha value is -1.41. The van der Waals surface area contributed by atoms with Gasteiger partial charge in [-0.25, -0.2) is 0 Å². The maximum Gasteiger partial charge on any atom is 0.264 e. The molecular formula is C16H15NPS2+. The van der Waals surface area contributed by atoms with E-state index in [4.69, 9.17) is 5.73 Å². The molecule has 3 aromatic rings. The zero-order valence-electron chi connectivity index (χ0n) is 11.1. The zero-order chi connectivity index (χ0) is 13.9. The van der Waals surface area contributed by atoms with Crippen LogP contribution in [0.2, 0.25) is 0 Å². The number of nitrogens with two attached hydrogens (primary N) is 1. The number of anilines is 1. The lowest BCUT2D eigenvalue weighted by Crippen LogP contribution is -2.05. The molecular weight excluding hydrogens is 301 g/mol. The monoisotopic (exact) mass is 316 g/mol. The summed E-state index contributed by atoms with van der Waals surface area (Å²) in [6.07, 6.45) is 0. The van der Waals surface area contributed by atoms with E-state index in [1.54, 1.807) is 11.3 Å². The molecule has 0 saturated carbocycles. The van der Waals surface area contributed by atoms with Crippen molar-refractivity contribution in [3.8, 4) is 0 Å². The first-order valence-corrected chi connectivity index (χ1v) is 9.32. The summed E-state index contributed by atoms with van der Waals surface area (Å²) >= 11 is 3.57. The average Bonchev–Trinajstić information content (AvgIpc) is 2.81. The Bertz CT molecular complexity index is 709. The summed E-state index contributed by atoms with van der Waals surface area (Å²) in [6, 6.07) is 21.5. The predicted octanol–water partition coefficient (Wildman–Crippen LogP) is 4.37.